The van der Waals surface area contributed by atoms with Gasteiger partial charge in [0.25, 0.3) is 0 Å². The third kappa shape index (κ3) is 3.59. The standard InChI is InChI=1S/C21H26F2N4O3S/c1-2-27-19-10-26(9-18(19)25-21(27)31(28,29)14-4-5-14)13-8-17(24)20(30-11-13)15-7-12(22)3-6-16(15)23/h3,6-7,13-14,17,20H,2,4-5,8-11,24H2,1H3/t13-,17+,20-/m1/s1. The fraction of sp³-hybridized carbons (Fsp3) is 0.571. The number of fused-ring (bicyclic) bond motifs is 1. The minimum atomic E-state index is -3.36. The van der Waals surface area contributed by atoms with Crippen molar-refractivity contribution >= 4 is 9.84 Å². The van der Waals surface area contributed by atoms with E-state index in [4.69, 9.17) is 10.5 Å². The molecule has 2 fully saturated rings. The van der Waals surface area contributed by atoms with E-state index in [0.717, 1.165) is 29.6 Å². The smallest absolute Gasteiger partial charge is 0.228 e. The highest BCUT2D eigenvalue weighted by molar-refractivity contribution is 7.92. The first kappa shape index (κ1) is 21.0. The maximum absolute atomic E-state index is 14.2. The Kier molecular flexibility index (Phi) is 5.16. The summed E-state index contributed by atoms with van der Waals surface area (Å²) in [5.74, 6) is -1.05. The van der Waals surface area contributed by atoms with Crippen molar-refractivity contribution in [2.75, 3.05) is 6.61 Å². The van der Waals surface area contributed by atoms with Gasteiger partial charge >= 0.3 is 0 Å². The molecule has 3 heterocycles. The van der Waals surface area contributed by atoms with Crippen LogP contribution in [0.3, 0.4) is 0 Å². The predicted octanol–water partition coefficient (Wildman–Crippen LogP) is 2.29. The zero-order chi connectivity index (χ0) is 21.9. The van der Waals surface area contributed by atoms with Crippen LogP contribution in [-0.4, -0.2) is 46.8 Å². The van der Waals surface area contributed by atoms with Crippen molar-refractivity contribution in [3.8, 4) is 0 Å². The van der Waals surface area contributed by atoms with Crippen LogP contribution in [0.15, 0.2) is 23.4 Å². The van der Waals surface area contributed by atoms with Gasteiger partial charge in [0, 0.05) is 37.3 Å². The molecule has 3 aliphatic rings. The number of sulfone groups is 1. The third-order valence-corrected chi connectivity index (χ3v) is 8.71. The van der Waals surface area contributed by atoms with Crippen LogP contribution in [0.2, 0.25) is 0 Å². The average molecular weight is 453 g/mol. The van der Waals surface area contributed by atoms with Crippen molar-refractivity contribution < 1.29 is 21.9 Å². The van der Waals surface area contributed by atoms with Gasteiger partial charge in [0.15, 0.2) is 0 Å². The zero-order valence-corrected chi connectivity index (χ0v) is 18.1. The van der Waals surface area contributed by atoms with Gasteiger partial charge < -0.3 is 15.0 Å². The normalized spacial score (nSPS) is 26.9. The van der Waals surface area contributed by atoms with E-state index in [1.54, 1.807) is 0 Å². The molecule has 0 bridgehead atoms. The van der Waals surface area contributed by atoms with Crippen LogP contribution in [0.4, 0.5) is 8.78 Å². The minimum absolute atomic E-state index is 0.00846. The molecule has 5 rings (SSSR count). The Labute approximate surface area is 180 Å². The second kappa shape index (κ2) is 7.61. The van der Waals surface area contributed by atoms with Crippen molar-refractivity contribution in [3.63, 3.8) is 0 Å². The molecule has 1 saturated heterocycles. The maximum atomic E-state index is 14.2. The molecule has 10 heteroatoms. The molecule has 31 heavy (non-hydrogen) atoms. The molecule has 0 spiro atoms. The fourth-order valence-corrected chi connectivity index (χ4v) is 6.57. The first-order valence-electron chi connectivity index (χ1n) is 10.7. The SMILES string of the molecule is CCn1c(S(=O)(=O)C2CC2)nc2c1CN([C@H]1CO[C@H](c3cc(F)ccc3F)[C@@H](N)C1)C2. The van der Waals surface area contributed by atoms with Gasteiger partial charge in [0.2, 0.25) is 15.0 Å². The van der Waals surface area contributed by atoms with E-state index in [9.17, 15) is 17.2 Å². The van der Waals surface area contributed by atoms with E-state index in [0.29, 0.717) is 45.5 Å². The third-order valence-electron chi connectivity index (χ3n) is 6.54. The van der Waals surface area contributed by atoms with Gasteiger partial charge in [0.1, 0.15) is 17.7 Å². The number of ether oxygens (including phenoxy) is 1. The monoisotopic (exact) mass is 452 g/mol. The van der Waals surface area contributed by atoms with Crippen molar-refractivity contribution in [1.82, 2.24) is 14.5 Å². The summed E-state index contributed by atoms with van der Waals surface area (Å²) in [6.45, 7) is 3.89. The number of benzene rings is 1. The molecule has 2 aliphatic heterocycles. The zero-order valence-electron chi connectivity index (χ0n) is 17.3. The Morgan fingerprint density at radius 1 is 1.26 bits per heavy atom. The highest BCUT2D eigenvalue weighted by Gasteiger charge is 2.43. The molecule has 1 aromatic heterocycles. The van der Waals surface area contributed by atoms with Crippen LogP contribution < -0.4 is 5.73 Å². The Balaban J connectivity index is 1.31. The van der Waals surface area contributed by atoms with Gasteiger partial charge in [-0.1, -0.05) is 0 Å². The van der Waals surface area contributed by atoms with E-state index in [1.165, 1.54) is 0 Å². The van der Waals surface area contributed by atoms with Gasteiger partial charge in [-0.25, -0.2) is 22.2 Å². The number of nitrogens with zero attached hydrogens (tertiary/aromatic N) is 3. The molecule has 3 atom stereocenters. The lowest BCUT2D eigenvalue weighted by atomic mass is 9.93. The summed E-state index contributed by atoms with van der Waals surface area (Å²) in [5.41, 5.74) is 8.16. The van der Waals surface area contributed by atoms with E-state index in [2.05, 4.69) is 9.88 Å². The van der Waals surface area contributed by atoms with Crippen molar-refractivity contribution in [1.29, 1.82) is 0 Å². The summed E-state index contributed by atoms with van der Waals surface area (Å²) in [4.78, 5) is 6.69. The van der Waals surface area contributed by atoms with Crippen LogP contribution in [0, 0.1) is 11.6 Å². The van der Waals surface area contributed by atoms with Gasteiger partial charge in [-0.05, 0) is 44.4 Å². The minimum Gasteiger partial charge on any atom is -0.370 e. The number of halogens is 2. The van der Waals surface area contributed by atoms with Crippen LogP contribution in [-0.2, 0) is 34.2 Å². The Bertz CT molecular complexity index is 1120. The molecule has 1 aliphatic carbocycles. The van der Waals surface area contributed by atoms with Gasteiger partial charge in [-0.3, -0.25) is 4.90 Å². The van der Waals surface area contributed by atoms with Crippen molar-refractivity contribution in [2.24, 2.45) is 5.73 Å². The summed E-state index contributed by atoms with van der Waals surface area (Å²) in [5, 5.41) is -0.0956. The summed E-state index contributed by atoms with van der Waals surface area (Å²) < 4.78 is 60.9. The Morgan fingerprint density at radius 3 is 2.71 bits per heavy atom. The molecule has 1 aromatic carbocycles. The van der Waals surface area contributed by atoms with Crippen LogP contribution in [0.1, 0.15) is 49.2 Å². The molecular formula is C21H26F2N4O3S. The van der Waals surface area contributed by atoms with E-state index < -0.39 is 33.6 Å². The number of rotatable bonds is 5. The van der Waals surface area contributed by atoms with E-state index >= 15 is 0 Å². The number of nitrogens with two attached hydrogens (primary N) is 1. The average Bonchev–Trinajstić information content (AvgIpc) is 3.43. The summed E-state index contributed by atoms with van der Waals surface area (Å²) in [6.07, 6.45) is 1.28. The quantitative estimate of drug-likeness (QED) is 0.749. The number of imidazole rings is 1. The summed E-state index contributed by atoms with van der Waals surface area (Å²) in [7, 11) is -3.36. The molecule has 0 amide bonds. The van der Waals surface area contributed by atoms with E-state index in [-0.39, 0.29) is 22.0 Å². The van der Waals surface area contributed by atoms with Crippen molar-refractivity contribution in [2.45, 2.75) is 74.4 Å². The van der Waals surface area contributed by atoms with Gasteiger partial charge in [-0.15, -0.1) is 0 Å². The Hall–Kier alpha value is -1.88. The number of hydrogen-bond acceptors (Lipinski definition) is 6. The lowest BCUT2D eigenvalue weighted by Crippen LogP contribution is -2.48. The maximum Gasteiger partial charge on any atom is 0.228 e. The lowest BCUT2D eigenvalue weighted by molar-refractivity contribution is -0.0536. The largest absolute Gasteiger partial charge is 0.370 e. The Morgan fingerprint density at radius 2 is 2.03 bits per heavy atom. The van der Waals surface area contributed by atoms with Crippen LogP contribution in [0.5, 0.6) is 0 Å². The fourth-order valence-electron chi connectivity index (χ4n) is 4.74. The van der Waals surface area contributed by atoms with Crippen molar-refractivity contribution in [3.05, 3.63) is 46.8 Å². The second-order valence-corrected chi connectivity index (χ2v) is 10.8. The first-order chi connectivity index (χ1) is 14.8. The second-order valence-electron chi connectivity index (χ2n) is 8.65. The molecule has 2 N–H and O–H groups in total. The highest BCUT2D eigenvalue weighted by Crippen LogP contribution is 2.37. The topological polar surface area (TPSA) is 90.5 Å². The number of hydrogen-bond donors (Lipinski definition) is 1. The van der Waals surface area contributed by atoms with Gasteiger partial charge in [-0.2, -0.15) is 0 Å². The molecule has 0 radical (unpaired) electrons. The van der Waals surface area contributed by atoms with E-state index in [1.807, 2.05) is 11.5 Å². The molecule has 0 unspecified atom stereocenters. The molecule has 2 aromatic rings. The van der Waals surface area contributed by atoms with Crippen LogP contribution >= 0.6 is 0 Å². The highest BCUT2D eigenvalue weighted by atomic mass is 32.2. The van der Waals surface area contributed by atoms with Crippen LogP contribution in [0.25, 0.3) is 0 Å². The molecule has 7 nitrogen and oxygen atoms in total. The first-order valence-corrected chi connectivity index (χ1v) is 12.2. The number of aromatic nitrogens is 2. The summed E-state index contributed by atoms with van der Waals surface area (Å²) >= 11 is 0. The molecule has 168 valence electrons. The van der Waals surface area contributed by atoms with Gasteiger partial charge in [0.05, 0.1) is 23.2 Å². The lowest BCUT2D eigenvalue weighted by Gasteiger charge is -2.38. The molecule has 1 saturated carbocycles. The molecular weight excluding hydrogens is 426 g/mol. The predicted molar refractivity (Wildman–Crippen MR) is 109 cm³/mol. The summed E-state index contributed by atoms with van der Waals surface area (Å²) in [6, 6.07) is 2.81.